The van der Waals surface area contributed by atoms with Crippen molar-refractivity contribution in [1.82, 2.24) is 14.8 Å². The fourth-order valence-electron chi connectivity index (χ4n) is 3.44. The van der Waals surface area contributed by atoms with E-state index in [-0.39, 0.29) is 17.9 Å². The van der Waals surface area contributed by atoms with Gasteiger partial charge in [-0.2, -0.15) is 0 Å². The minimum atomic E-state index is -0.167. The highest BCUT2D eigenvalue weighted by Gasteiger charge is 2.28. The molecule has 6 nitrogen and oxygen atoms in total. The molecule has 1 aromatic heterocycles. The molecular weight excluding hydrogens is 316 g/mol. The summed E-state index contributed by atoms with van der Waals surface area (Å²) < 4.78 is 2.12. The first-order chi connectivity index (χ1) is 12.1. The molecule has 2 amide bonds. The van der Waals surface area contributed by atoms with Gasteiger partial charge in [-0.05, 0) is 49.7 Å². The zero-order chi connectivity index (χ0) is 17.8. The lowest BCUT2D eigenvalue weighted by Gasteiger charge is -2.24. The number of carbonyl (C=O) groups excluding carboxylic acids is 2. The first-order valence-electron chi connectivity index (χ1n) is 8.56. The number of benzene rings is 1. The van der Waals surface area contributed by atoms with Gasteiger partial charge in [0.05, 0.1) is 12.6 Å². The Balaban J connectivity index is 1.64. The van der Waals surface area contributed by atoms with Crippen LogP contribution < -0.4 is 10.6 Å². The van der Waals surface area contributed by atoms with Crippen LogP contribution in [0.2, 0.25) is 0 Å². The predicted octanol–water partition coefficient (Wildman–Crippen LogP) is 2.16. The monoisotopic (exact) mass is 340 g/mol. The van der Waals surface area contributed by atoms with E-state index in [0.29, 0.717) is 17.8 Å². The molecule has 0 bridgehead atoms. The van der Waals surface area contributed by atoms with E-state index in [1.165, 1.54) is 5.69 Å². The summed E-state index contributed by atoms with van der Waals surface area (Å²) in [5, 5.41) is 5.49. The zero-order valence-corrected chi connectivity index (χ0v) is 14.7. The van der Waals surface area contributed by atoms with Crippen LogP contribution in [-0.2, 0) is 11.8 Å². The highest BCUT2D eigenvalue weighted by atomic mass is 16.2. The van der Waals surface area contributed by atoms with Crippen LogP contribution in [-0.4, -0.2) is 41.4 Å². The predicted molar refractivity (Wildman–Crippen MR) is 97.4 cm³/mol. The molecule has 1 aliphatic heterocycles. The molecule has 1 aromatic carbocycles. The van der Waals surface area contributed by atoms with Crippen molar-refractivity contribution >= 4 is 17.5 Å². The smallest absolute Gasteiger partial charge is 0.251 e. The van der Waals surface area contributed by atoms with E-state index in [9.17, 15) is 9.59 Å². The molecule has 3 rings (SSSR count). The van der Waals surface area contributed by atoms with Crippen molar-refractivity contribution in [3.05, 3.63) is 53.9 Å². The Morgan fingerprint density at radius 1 is 1.24 bits per heavy atom. The number of aryl methyl sites for hydroxylation is 1. The second kappa shape index (κ2) is 7.53. The van der Waals surface area contributed by atoms with Crippen LogP contribution in [0.4, 0.5) is 5.69 Å². The molecule has 0 spiro atoms. The van der Waals surface area contributed by atoms with E-state index in [2.05, 4.69) is 26.2 Å². The van der Waals surface area contributed by atoms with Gasteiger partial charge >= 0.3 is 0 Å². The molecular formula is C19H24N4O2. The molecule has 1 atom stereocenters. The van der Waals surface area contributed by atoms with Crippen LogP contribution >= 0.6 is 0 Å². The van der Waals surface area contributed by atoms with E-state index in [4.69, 9.17) is 0 Å². The number of hydrogen-bond acceptors (Lipinski definition) is 3. The summed E-state index contributed by atoms with van der Waals surface area (Å²) in [6, 6.07) is 11.4. The van der Waals surface area contributed by atoms with Crippen molar-refractivity contribution in [3.8, 4) is 0 Å². The third-order valence-electron chi connectivity index (χ3n) is 4.67. The summed E-state index contributed by atoms with van der Waals surface area (Å²) in [7, 11) is 3.63. The average molecular weight is 340 g/mol. The molecule has 2 heterocycles. The third kappa shape index (κ3) is 3.91. The summed E-state index contributed by atoms with van der Waals surface area (Å²) in [6.07, 6.45) is 4.20. The van der Waals surface area contributed by atoms with Gasteiger partial charge in [-0.1, -0.05) is 6.07 Å². The van der Waals surface area contributed by atoms with Gasteiger partial charge in [0.1, 0.15) is 0 Å². The molecule has 1 fully saturated rings. The van der Waals surface area contributed by atoms with Gasteiger partial charge in [-0.25, -0.2) is 0 Å². The summed E-state index contributed by atoms with van der Waals surface area (Å²) in [5.41, 5.74) is 2.41. The lowest BCUT2D eigenvalue weighted by atomic mass is 10.1. The number of nitrogens with zero attached hydrogens (tertiary/aromatic N) is 2. The molecule has 6 heteroatoms. The molecule has 132 valence electrons. The first kappa shape index (κ1) is 17.2. The van der Waals surface area contributed by atoms with Crippen LogP contribution in [0.1, 0.15) is 34.9 Å². The molecule has 2 N–H and O–H groups in total. The molecule has 1 aliphatic rings. The SMILES string of the molecule is CNC(=O)c1cccc(NC(=O)CN2CCC[C@@H]2c2cccn2C)c1. The van der Waals surface area contributed by atoms with E-state index < -0.39 is 0 Å². The van der Waals surface area contributed by atoms with Gasteiger partial charge in [0.15, 0.2) is 0 Å². The Bertz CT molecular complexity index is 768. The summed E-state index contributed by atoms with van der Waals surface area (Å²) in [4.78, 5) is 26.4. The number of hydrogen-bond donors (Lipinski definition) is 2. The fourth-order valence-corrected chi connectivity index (χ4v) is 3.44. The quantitative estimate of drug-likeness (QED) is 0.876. The molecule has 25 heavy (non-hydrogen) atoms. The van der Waals surface area contributed by atoms with E-state index in [0.717, 1.165) is 19.4 Å². The Hall–Kier alpha value is -2.60. The Morgan fingerprint density at radius 3 is 2.80 bits per heavy atom. The highest BCUT2D eigenvalue weighted by molar-refractivity contribution is 5.97. The number of anilines is 1. The van der Waals surface area contributed by atoms with Crippen molar-refractivity contribution in [3.63, 3.8) is 0 Å². The van der Waals surface area contributed by atoms with Crippen LogP contribution in [0.25, 0.3) is 0 Å². The standard InChI is InChI=1S/C19H24N4O2/c1-20-19(25)14-6-3-7-15(12-14)21-18(24)13-23-11-5-9-17(23)16-8-4-10-22(16)2/h3-4,6-8,10,12,17H,5,9,11,13H2,1-2H3,(H,20,25)(H,21,24)/t17-/m1/s1. The Morgan fingerprint density at radius 2 is 2.08 bits per heavy atom. The maximum atomic E-state index is 12.5. The van der Waals surface area contributed by atoms with Crippen LogP contribution in [0.5, 0.6) is 0 Å². The maximum absolute atomic E-state index is 12.5. The number of likely N-dealkylation sites (tertiary alicyclic amines) is 1. The maximum Gasteiger partial charge on any atom is 0.251 e. The minimum absolute atomic E-state index is 0.0600. The van der Waals surface area contributed by atoms with Gasteiger partial charge in [-0.3, -0.25) is 14.5 Å². The number of aromatic nitrogens is 1. The number of carbonyl (C=O) groups is 2. The lowest BCUT2D eigenvalue weighted by Crippen LogP contribution is -2.33. The fraction of sp³-hybridized carbons (Fsp3) is 0.368. The molecule has 0 saturated carbocycles. The molecule has 1 saturated heterocycles. The summed E-state index contributed by atoms with van der Waals surface area (Å²) in [6.45, 7) is 1.27. The topological polar surface area (TPSA) is 66.4 Å². The second-order valence-corrected chi connectivity index (χ2v) is 6.38. The van der Waals surface area contributed by atoms with Crippen LogP contribution in [0, 0.1) is 0 Å². The first-order valence-corrected chi connectivity index (χ1v) is 8.56. The van der Waals surface area contributed by atoms with Crippen molar-refractivity contribution in [2.24, 2.45) is 7.05 Å². The number of rotatable bonds is 5. The van der Waals surface area contributed by atoms with E-state index in [1.807, 2.05) is 19.3 Å². The average Bonchev–Trinajstić information content (AvgIpc) is 3.22. The van der Waals surface area contributed by atoms with Crippen LogP contribution in [0.15, 0.2) is 42.6 Å². The molecule has 0 radical (unpaired) electrons. The minimum Gasteiger partial charge on any atom is -0.355 e. The van der Waals surface area contributed by atoms with Crippen molar-refractivity contribution in [1.29, 1.82) is 0 Å². The van der Waals surface area contributed by atoms with Crippen molar-refractivity contribution in [2.45, 2.75) is 18.9 Å². The highest BCUT2D eigenvalue weighted by Crippen LogP contribution is 2.31. The van der Waals surface area contributed by atoms with E-state index in [1.54, 1.807) is 31.3 Å². The van der Waals surface area contributed by atoms with Gasteiger partial charge < -0.3 is 15.2 Å². The second-order valence-electron chi connectivity index (χ2n) is 6.38. The zero-order valence-electron chi connectivity index (χ0n) is 14.7. The largest absolute Gasteiger partial charge is 0.355 e. The third-order valence-corrected chi connectivity index (χ3v) is 4.67. The summed E-state index contributed by atoms with van der Waals surface area (Å²) in [5.74, 6) is -0.227. The molecule has 0 unspecified atom stereocenters. The van der Waals surface area contributed by atoms with Gasteiger partial charge in [0, 0.05) is 37.2 Å². The molecule has 2 aromatic rings. The van der Waals surface area contributed by atoms with Crippen molar-refractivity contribution < 1.29 is 9.59 Å². The van der Waals surface area contributed by atoms with Gasteiger partial charge in [-0.15, -0.1) is 0 Å². The molecule has 0 aliphatic carbocycles. The van der Waals surface area contributed by atoms with E-state index >= 15 is 0 Å². The lowest BCUT2D eigenvalue weighted by molar-refractivity contribution is -0.117. The Kier molecular flexibility index (Phi) is 5.19. The van der Waals surface area contributed by atoms with Crippen molar-refractivity contribution in [2.75, 3.05) is 25.5 Å². The Labute approximate surface area is 147 Å². The van der Waals surface area contributed by atoms with Gasteiger partial charge in [0.2, 0.25) is 5.91 Å². The van der Waals surface area contributed by atoms with Gasteiger partial charge in [0.25, 0.3) is 5.91 Å². The van der Waals surface area contributed by atoms with Crippen LogP contribution in [0.3, 0.4) is 0 Å². The normalized spacial score (nSPS) is 17.4. The number of amides is 2. The summed E-state index contributed by atoms with van der Waals surface area (Å²) >= 11 is 0. The number of nitrogens with one attached hydrogen (secondary N) is 2.